The fourth-order valence-corrected chi connectivity index (χ4v) is 3.84. The number of aryl methyl sites for hydroxylation is 2. The van der Waals surface area contributed by atoms with Crippen LogP contribution in [0.15, 0.2) is 66.9 Å². The highest BCUT2D eigenvalue weighted by molar-refractivity contribution is 5.96. The van der Waals surface area contributed by atoms with Crippen LogP contribution >= 0.6 is 0 Å². The molecule has 2 aromatic heterocycles. The molecule has 0 spiro atoms. The van der Waals surface area contributed by atoms with Gasteiger partial charge in [-0.05, 0) is 47.7 Å². The zero-order valence-corrected chi connectivity index (χ0v) is 17.3. The molecular weight excluding hydrogens is 376 g/mol. The lowest BCUT2D eigenvalue weighted by Crippen LogP contribution is -2.09. The topological polar surface area (TPSA) is 63.8 Å². The number of rotatable bonds is 6. The molecule has 0 saturated heterocycles. The van der Waals surface area contributed by atoms with Crippen molar-refractivity contribution in [2.45, 2.75) is 26.4 Å². The van der Waals surface area contributed by atoms with E-state index >= 15 is 0 Å². The van der Waals surface area contributed by atoms with Crippen molar-refractivity contribution in [1.29, 1.82) is 0 Å². The van der Waals surface area contributed by atoms with Gasteiger partial charge in [0.05, 0.1) is 17.0 Å². The van der Waals surface area contributed by atoms with Crippen LogP contribution in [0.1, 0.15) is 45.9 Å². The smallest absolute Gasteiger partial charge is 0.336 e. The number of aromatic carboxylic acids is 1. The van der Waals surface area contributed by atoms with Crippen molar-refractivity contribution >= 4 is 11.6 Å². The number of ether oxygens (including phenoxy) is 1. The van der Waals surface area contributed by atoms with E-state index in [9.17, 15) is 9.90 Å². The van der Waals surface area contributed by atoms with Crippen molar-refractivity contribution in [2.24, 2.45) is 0 Å². The molecule has 2 aromatic carbocycles. The van der Waals surface area contributed by atoms with E-state index in [0.717, 1.165) is 40.1 Å². The molecular formula is C25H24N2O3. The van der Waals surface area contributed by atoms with Gasteiger partial charge in [0.2, 0.25) is 0 Å². The predicted octanol–water partition coefficient (Wildman–Crippen LogP) is 5.31. The van der Waals surface area contributed by atoms with Gasteiger partial charge in [-0.3, -0.25) is 0 Å². The Morgan fingerprint density at radius 2 is 1.83 bits per heavy atom. The monoisotopic (exact) mass is 400 g/mol. The molecule has 0 amide bonds. The van der Waals surface area contributed by atoms with E-state index < -0.39 is 5.97 Å². The second-order valence-corrected chi connectivity index (χ2v) is 7.31. The van der Waals surface area contributed by atoms with Crippen LogP contribution in [-0.2, 0) is 11.2 Å². The Bertz CT molecular complexity index is 1210. The zero-order valence-electron chi connectivity index (χ0n) is 17.3. The number of carboxylic acids is 1. The number of fused-ring (bicyclic) bond motifs is 1. The molecule has 5 heteroatoms. The molecule has 0 aliphatic heterocycles. The SMILES string of the molecule is CCc1cn2c([C@H](OC)c3ccc(-c4ccccc4C(=O)O)cc3)ccc(C)c2n1. The molecule has 0 aliphatic rings. The normalized spacial score (nSPS) is 12.2. The number of nitrogens with zero attached hydrogens (tertiary/aromatic N) is 2. The fraction of sp³-hybridized carbons (Fsp3) is 0.200. The Morgan fingerprint density at radius 3 is 2.50 bits per heavy atom. The number of carbonyl (C=O) groups is 1. The molecule has 5 nitrogen and oxygen atoms in total. The summed E-state index contributed by atoms with van der Waals surface area (Å²) < 4.78 is 7.99. The summed E-state index contributed by atoms with van der Waals surface area (Å²) in [7, 11) is 1.70. The van der Waals surface area contributed by atoms with E-state index in [1.807, 2.05) is 36.4 Å². The Kier molecular flexibility index (Phi) is 5.38. The molecule has 0 aliphatic carbocycles. The summed E-state index contributed by atoms with van der Waals surface area (Å²) in [5, 5.41) is 9.47. The first-order valence-electron chi connectivity index (χ1n) is 9.96. The molecule has 4 aromatic rings. The highest BCUT2D eigenvalue weighted by atomic mass is 16.5. The minimum atomic E-state index is -0.932. The number of pyridine rings is 1. The van der Waals surface area contributed by atoms with Gasteiger partial charge in [-0.25, -0.2) is 9.78 Å². The zero-order chi connectivity index (χ0) is 21.3. The average molecular weight is 400 g/mol. The van der Waals surface area contributed by atoms with Crippen LogP contribution in [0.25, 0.3) is 16.8 Å². The van der Waals surface area contributed by atoms with Gasteiger partial charge < -0.3 is 14.2 Å². The maximum atomic E-state index is 11.6. The first-order chi connectivity index (χ1) is 14.5. The number of methoxy groups -OCH3 is 1. The minimum Gasteiger partial charge on any atom is -0.478 e. The van der Waals surface area contributed by atoms with Crippen molar-refractivity contribution in [3.05, 3.63) is 94.9 Å². The molecule has 1 N–H and O–H groups in total. The quantitative estimate of drug-likeness (QED) is 0.477. The van der Waals surface area contributed by atoms with Gasteiger partial charge in [-0.15, -0.1) is 0 Å². The van der Waals surface area contributed by atoms with Crippen LogP contribution < -0.4 is 0 Å². The van der Waals surface area contributed by atoms with Gasteiger partial charge in [-0.1, -0.05) is 55.5 Å². The third kappa shape index (κ3) is 3.48. The van der Waals surface area contributed by atoms with Crippen LogP contribution in [0.2, 0.25) is 0 Å². The maximum Gasteiger partial charge on any atom is 0.336 e. The first-order valence-corrected chi connectivity index (χ1v) is 9.96. The Morgan fingerprint density at radius 1 is 1.10 bits per heavy atom. The van der Waals surface area contributed by atoms with Gasteiger partial charge in [0, 0.05) is 13.3 Å². The summed E-state index contributed by atoms with van der Waals surface area (Å²) in [6, 6.07) is 19.1. The highest BCUT2D eigenvalue weighted by Crippen LogP contribution is 2.30. The number of benzene rings is 2. The van der Waals surface area contributed by atoms with Crippen LogP contribution in [0.5, 0.6) is 0 Å². The summed E-state index contributed by atoms with van der Waals surface area (Å²) in [6.45, 7) is 4.15. The summed E-state index contributed by atoms with van der Waals surface area (Å²) >= 11 is 0. The lowest BCUT2D eigenvalue weighted by atomic mass is 9.97. The number of aromatic nitrogens is 2. The molecule has 4 rings (SSSR count). The van der Waals surface area contributed by atoms with Crippen molar-refractivity contribution in [3.8, 4) is 11.1 Å². The largest absolute Gasteiger partial charge is 0.478 e. The van der Waals surface area contributed by atoms with Gasteiger partial charge in [0.15, 0.2) is 0 Å². The van der Waals surface area contributed by atoms with Crippen molar-refractivity contribution in [1.82, 2.24) is 9.38 Å². The summed E-state index contributed by atoms with van der Waals surface area (Å²) in [6.07, 6.45) is 2.67. The molecule has 0 fully saturated rings. The number of hydrogen-bond donors (Lipinski definition) is 1. The number of carboxylic acid groups (broad SMARTS) is 1. The molecule has 0 bridgehead atoms. The maximum absolute atomic E-state index is 11.6. The van der Waals surface area contributed by atoms with Crippen molar-refractivity contribution in [3.63, 3.8) is 0 Å². The van der Waals surface area contributed by atoms with Gasteiger partial charge in [0.25, 0.3) is 0 Å². The van der Waals surface area contributed by atoms with Gasteiger partial charge in [0.1, 0.15) is 11.8 Å². The van der Waals surface area contributed by atoms with Crippen LogP contribution in [-0.4, -0.2) is 27.6 Å². The molecule has 1 atom stereocenters. The first kappa shape index (κ1) is 19.9. The summed E-state index contributed by atoms with van der Waals surface area (Å²) in [5.41, 5.74) is 6.95. The van der Waals surface area contributed by atoms with Crippen LogP contribution in [0.3, 0.4) is 0 Å². The Labute approximate surface area is 175 Å². The van der Waals surface area contributed by atoms with E-state index in [2.05, 4.69) is 36.6 Å². The average Bonchev–Trinajstić information content (AvgIpc) is 3.22. The number of hydrogen-bond acceptors (Lipinski definition) is 3. The summed E-state index contributed by atoms with van der Waals surface area (Å²) in [4.78, 5) is 16.3. The lowest BCUT2D eigenvalue weighted by Gasteiger charge is -2.19. The van der Waals surface area contributed by atoms with E-state index in [1.165, 1.54) is 0 Å². The third-order valence-electron chi connectivity index (χ3n) is 5.44. The van der Waals surface area contributed by atoms with E-state index in [4.69, 9.17) is 9.72 Å². The van der Waals surface area contributed by atoms with E-state index in [0.29, 0.717) is 11.1 Å². The lowest BCUT2D eigenvalue weighted by molar-refractivity contribution is 0.0697. The molecule has 2 heterocycles. The fourth-order valence-electron chi connectivity index (χ4n) is 3.84. The van der Waals surface area contributed by atoms with E-state index in [-0.39, 0.29) is 6.10 Å². The summed E-state index contributed by atoms with van der Waals surface area (Å²) in [5.74, 6) is -0.932. The predicted molar refractivity (Wildman–Crippen MR) is 117 cm³/mol. The minimum absolute atomic E-state index is 0.268. The van der Waals surface area contributed by atoms with Gasteiger partial charge in [-0.2, -0.15) is 0 Å². The number of imidazole rings is 1. The van der Waals surface area contributed by atoms with Crippen molar-refractivity contribution < 1.29 is 14.6 Å². The molecule has 0 radical (unpaired) electrons. The molecule has 0 saturated carbocycles. The Hall–Kier alpha value is -3.44. The van der Waals surface area contributed by atoms with Crippen LogP contribution in [0, 0.1) is 6.92 Å². The Balaban J connectivity index is 1.76. The third-order valence-corrected chi connectivity index (χ3v) is 5.44. The second-order valence-electron chi connectivity index (χ2n) is 7.31. The molecule has 30 heavy (non-hydrogen) atoms. The molecule has 0 unspecified atom stereocenters. The second kappa shape index (κ2) is 8.13. The van der Waals surface area contributed by atoms with E-state index in [1.54, 1.807) is 19.2 Å². The van der Waals surface area contributed by atoms with Crippen molar-refractivity contribution in [2.75, 3.05) is 7.11 Å². The highest BCUT2D eigenvalue weighted by Gasteiger charge is 2.19. The van der Waals surface area contributed by atoms with Crippen LogP contribution in [0.4, 0.5) is 0 Å². The molecule has 152 valence electrons. The standard InChI is InChI=1S/C25H24N2O3/c1-4-19-15-27-22(14-9-16(2)24(27)26-19)23(30-3)18-12-10-17(11-13-18)20-7-5-6-8-21(20)25(28)29/h5-15,23H,4H2,1-3H3,(H,28,29)/t23-/m1/s1. The van der Waals surface area contributed by atoms with Gasteiger partial charge >= 0.3 is 5.97 Å².